The van der Waals surface area contributed by atoms with Crippen LogP contribution in [0.2, 0.25) is 0 Å². The van der Waals surface area contributed by atoms with Gasteiger partial charge in [0, 0.05) is 49.3 Å². The molecule has 2 aromatic carbocycles. The molecule has 0 aliphatic carbocycles. The average molecular weight is 427 g/mol. The molecular weight excluding hydrogens is 396 g/mol. The molecule has 2 aromatic rings. The zero-order valence-corrected chi connectivity index (χ0v) is 19.3. The third-order valence-electron chi connectivity index (χ3n) is 5.15. The predicted molar refractivity (Wildman–Crippen MR) is 134 cm³/mol. The van der Waals surface area contributed by atoms with Gasteiger partial charge in [0.05, 0.1) is 0 Å². The molecule has 0 saturated heterocycles. The van der Waals surface area contributed by atoms with E-state index in [1.807, 2.05) is 54.6 Å². The summed E-state index contributed by atoms with van der Waals surface area (Å²) in [5, 5.41) is 9.48. The summed E-state index contributed by atoms with van der Waals surface area (Å²) in [5.41, 5.74) is 3.98. The van der Waals surface area contributed by atoms with Crippen molar-refractivity contribution in [2.45, 2.75) is 27.7 Å². The number of aliphatic imine (C=N–C) groups is 2. The standard InChI is InChI=1S/C26H30N6/c1-6-31(7-2)23-14-10-21(11-15-23)19-29-25(18-27)26(28-5)30-20-22-12-16-24(17-13-22)32(8-3)9-4/h10-17,19-20H,6-9H2,1-4H3/b26-25-,29-19?,30-20+. The highest BCUT2D eigenvalue weighted by Crippen LogP contribution is 2.16. The number of benzene rings is 2. The Hall–Kier alpha value is -3.90. The molecule has 0 heterocycles. The van der Waals surface area contributed by atoms with Gasteiger partial charge in [0.25, 0.3) is 0 Å². The minimum absolute atomic E-state index is 0.0103. The lowest BCUT2D eigenvalue weighted by Crippen LogP contribution is -2.21. The highest BCUT2D eigenvalue weighted by atomic mass is 15.1. The molecule has 0 bridgehead atoms. The van der Waals surface area contributed by atoms with Crippen molar-refractivity contribution in [2.75, 3.05) is 36.0 Å². The van der Waals surface area contributed by atoms with Crippen LogP contribution in [-0.4, -0.2) is 38.6 Å². The second-order valence-corrected chi connectivity index (χ2v) is 6.94. The molecule has 0 radical (unpaired) electrons. The van der Waals surface area contributed by atoms with Crippen molar-refractivity contribution in [1.29, 1.82) is 5.26 Å². The number of anilines is 2. The fourth-order valence-corrected chi connectivity index (χ4v) is 3.27. The molecule has 0 amide bonds. The van der Waals surface area contributed by atoms with Crippen molar-refractivity contribution in [3.63, 3.8) is 0 Å². The fourth-order valence-electron chi connectivity index (χ4n) is 3.27. The van der Waals surface area contributed by atoms with Gasteiger partial charge in [-0.3, -0.25) is 4.99 Å². The Morgan fingerprint density at radius 3 is 1.56 bits per heavy atom. The van der Waals surface area contributed by atoms with Crippen LogP contribution >= 0.6 is 0 Å². The molecule has 164 valence electrons. The molecule has 2 rings (SSSR count). The first-order valence-corrected chi connectivity index (χ1v) is 10.9. The van der Waals surface area contributed by atoms with Gasteiger partial charge in [-0.15, -0.1) is 4.99 Å². The van der Waals surface area contributed by atoms with Gasteiger partial charge in [0.15, 0.2) is 5.70 Å². The molecule has 0 aliphatic rings. The Morgan fingerprint density at radius 2 is 1.22 bits per heavy atom. The Morgan fingerprint density at radius 1 is 0.812 bits per heavy atom. The van der Waals surface area contributed by atoms with Crippen LogP contribution in [0.1, 0.15) is 38.8 Å². The maximum atomic E-state index is 9.48. The predicted octanol–water partition coefficient (Wildman–Crippen LogP) is 5.53. The summed E-state index contributed by atoms with van der Waals surface area (Å²) in [6.07, 6.45) is 3.18. The van der Waals surface area contributed by atoms with Crippen LogP contribution in [0.25, 0.3) is 4.85 Å². The summed E-state index contributed by atoms with van der Waals surface area (Å²) in [7, 11) is 0. The number of nitrogens with zero attached hydrogens (tertiary/aromatic N) is 6. The van der Waals surface area contributed by atoms with E-state index in [1.54, 1.807) is 12.4 Å². The molecule has 6 heteroatoms. The van der Waals surface area contributed by atoms with Gasteiger partial charge in [0.2, 0.25) is 0 Å². The van der Waals surface area contributed by atoms with Crippen molar-refractivity contribution >= 4 is 23.8 Å². The van der Waals surface area contributed by atoms with Crippen LogP contribution in [0.15, 0.2) is 70.0 Å². The minimum Gasteiger partial charge on any atom is -0.372 e. The van der Waals surface area contributed by atoms with Crippen LogP contribution in [-0.2, 0) is 0 Å². The van der Waals surface area contributed by atoms with E-state index in [9.17, 15) is 5.26 Å². The van der Waals surface area contributed by atoms with E-state index in [-0.39, 0.29) is 11.5 Å². The smallest absolute Gasteiger partial charge is 0.306 e. The summed E-state index contributed by atoms with van der Waals surface area (Å²) in [6.45, 7) is 19.7. The molecule has 0 N–H and O–H groups in total. The van der Waals surface area contributed by atoms with E-state index in [1.165, 1.54) is 0 Å². The highest BCUT2D eigenvalue weighted by Gasteiger charge is 2.06. The zero-order valence-electron chi connectivity index (χ0n) is 19.3. The lowest BCUT2D eigenvalue weighted by Gasteiger charge is -2.20. The van der Waals surface area contributed by atoms with E-state index in [2.05, 4.69) is 52.3 Å². The Kier molecular flexibility index (Phi) is 9.69. The first-order valence-electron chi connectivity index (χ1n) is 10.9. The second kappa shape index (κ2) is 12.7. The van der Waals surface area contributed by atoms with Gasteiger partial charge in [-0.1, -0.05) is 18.7 Å². The molecule has 0 atom stereocenters. The zero-order chi connectivity index (χ0) is 23.3. The fraction of sp³-hybridized carbons (Fsp3) is 0.308. The molecule has 6 nitrogen and oxygen atoms in total. The van der Waals surface area contributed by atoms with Gasteiger partial charge >= 0.3 is 5.82 Å². The van der Waals surface area contributed by atoms with Gasteiger partial charge in [0.1, 0.15) is 12.3 Å². The van der Waals surface area contributed by atoms with Crippen molar-refractivity contribution in [3.05, 3.63) is 82.6 Å². The summed E-state index contributed by atoms with van der Waals surface area (Å²) in [4.78, 5) is 16.3. The molecule has 32 heavy (non-hydrogen) atoms. The van der Waals surface area contributed by atoms with Crippen LogP contribution in [0.5, 0.6) is 0 Å². The Bertz CT molecular complexity index is 940. The quantitative estimate of drug-likeness (QED) is 0.285. The van der Waals surface area contributed by atoms with Crippen LogP contribution < -0.4 is 9.80 Å². The normalized spacial score (nSPS) is 11.8. The summed E-state index contributed by atoms with van der Waals surface area (Å²) in [5.74, 6) is -0.0312. The summed E-state index contributed by atoms with van der Waals surface area (Å²) in [6, 6.07) is 17.9. The van der Waals surface area contributed by atoms with E-state index in [4.69, 9.17) is 6.57 Å². The molecule has 0 spiro atoms. The van der Waals surface area contributed by atoms with Gasteiger partial charge in [-0.2, -0.15) is 5.26 Å². The number of hydrogen-bond acceptors (Lipinski definition) is 5. The number of allylic oxidation sites excluding steroid dienone is 1. The number of rotatable bonds is 10. The second-order valence-electron chi connectivity index (χ2n) is 6.94. The summed E-state index contributed by atoms with van der Waals surface area (Å²) < 4.78 is 0. The maximum absolute atomic E-state index is 9.48. The third-order valence-corrected chi connectivity index (χ3v) is 5.15. The van der Waals surface area contributed by atoms with Gasteiger partial charge in [-0.25, -0.2) is 0 Å². The highest BCUT2D eigenvalue weighted by molar-refractivity contribution is 5.83. The number of hydrogen-bond donors (Lipinski definition) is 0. The van der Waals surface area contributed by atoms with Crippen molar-refractivity contribution in [3.8, 4) is 6.07 Å². The van der Waals surface area contributed by atoms with E-state index >= 15 is 0 Å². The van der Waals surface area contributed by atoms with E-state index in [0.717, 1.165) is 48.7 Å². The van der Waals surface area contributed by atoms with E-state index in [0.29, 0.717) is 0 Å². The van der Waals surface area contributed by atoms with Crippen molar-refractivity contribution in [1.82, 2.24) is 0 Å². The lowest BCUT2D eigenvalue weighted by atomic mass is 10.2. The average Bonchev–Trinajstić information content (AvgIpc) is 2.84. The summed E-state index contributed by atoms with van der Waals surface area (Å²) >= 11 is 0. The van der Waals surface area contributed by atoms with Crippen molar-refractivity contribution in [2.24, 2.45) is 9.98 Å². The first kappa shape index (κ1) is 24.4. The van der Waals surface area contributed by atoms with Gasteiger partial charge in [-0.05, 0) is 69.7 Å². The largest absolute Gasteiger partial charge is 0.372 e. The maximum Gasteiger partial charge on any atom is 0.306 e. The van der Waals surface area contributed by atoms with Crippen LogP contribution in [0, 0.1) is 17.9 Å². The monoisotopic (exact) mass is 426 g/mol. The molecule has 0 aliphatic heterocycles. The van der Waals surface area contributed by atoms with Crippen LogP contribution in [0.3, 0.4) is 0 Å². The first-order chi connectivity index (χ1) is 15.6. The molecular formula is C26H30N6. The topological polar surface area (TPSA) is 59.4 Å². The Balaban J connectivity index is 2.19. The molecule has 0 aromatic heterocycles. The SMILES string of the molecule is [C-]#[N+]C(/N=C/c1ccc(N(CC)CC)cc1)=C(\C#N)N=Cc1ccc(N(CC)CC)cc1. The Labute approximate surface area is 191 Å². The van der Waals surface area contributed by atoms with Crippen LogP contribution in [0.4, 0.5) is 11.4 Å². The van der Waals surface area contributed by atoms with Crippen molar-refractivity contribution < 1.29 is 0 Å². The minimum atomic E-state index is -0.0312. The molecule has 0 unspecified atom stereocenters. The lowest BCUT2D eigenvalue weighted by molar-refractivity contribution is 0.866. The third kappa shape index (κ3) is 6.55. The number of nitriles is 1. The molecule has 0 saturated carbocycles. The van der Waals surface area contributed by atoms with Gasteiger partial charge < -0.3 is 14.6 Å². The molecule has 0 fully saturated rings. The van der Waals surface area contributed by atoms with E-state index < -0.39 is 0 Å².